The summed E-state index contributed by atoms with van der Waals surface area (Å²) in [5, 5.41) is 0.805. The minimum absolute atomic E-state index is 0.242. The zero-order chi connectivity index (χ0) is 23.8. The van der Waals surface area contributed by atoms with Crippen LogP contribution in [0, 0.1) is 0 Å². The van der Waals surface area contributed by atoms with Crippen LogP contribution in [0.25, 0.3) is 22.2 Å². The van der Waals surface area contributed by atoms with Gasteiger partial charge in [-0.3, -0.25) is 4.57 Å². The highest BCUT2D eigenvalue weighted by atomic mass is 32.2. The van der Waals surface area contributed by atoms with Crippen LogP contribution in [0.15, 0.2) is 76.4 Å². The molecule has 170 valence electrons. The fourth-order valence-corrected chi connectivity index (χ4v) is 4.44. The third-order valence-corrected chi connectivity index (χ3v) is 6.86. The summed E-state index contributed by atoms with van der Waals surface area (Å²) < 4.78 is 30.5. The molecule has 0 N–H and O–H groups in total. The van der Waals surface area contributed by atoms with Gasteiger partial charge >= 0.3 is 5.69 Å². The molecule has 6 nitrogen and oxygen atoms in total. The summed E-state index contributed by atoms with van der Waals surface area (Å²) in [6, 6.07) is 20.2. The maximum Gasteiger partial charge on any atom is 0.348 e. The van der Waals surface area contributed by atoms with Crippen molar-refractivity contribution in [2.75, 3.05) is 13.4 Å². The molecule has 7 heteroatoms. The summed E-state index contributed by atoms with van der Waals surface area (Å²) in [4.78, 5) is 17.8. The average Bonchev–Trinajstić information content (AvgIpc) is 2.80. The second-order valence-corrected chi connectivity index (χ2v) is 10.4. The minimum Gasteiger partial charge on any atom is -0.497 e. The number of fused-ring (bicyclic) bond motifs is 1. The number of ether oxygens (including phenoxy) is 1. The van der Waals surface area contributed by atoms with Gasteiger partial charge in [0.15, 0.2) is 9.84 Å². The number of nitrogens with zero attached hydrogens (tertiary/aromatic N) is 2. The van der Waals surface area contributed by atoms with E-state index in [1.54, 1.807) is 35.9 Å². The van der Waals surface area contributed by atoms with Crippen LogP contribution in [0.4, 0.5) is 0 Å². The molecule has 4 aromatic rings. The van der Waals surface area contributed by atoms with E-state index in [0.29, 0.717) is 17.4 Å². The zero-order valence-corrected chi connectivity index (χ0v) is 19.9. The van der Waals surface area contributed by atoms with Crippen LogP contribution in [0.3, 0.4) is 0 Å². The average molecular weight is 463 g/mol. The first-order valence-electron chi connectivity index (χ1n) is 10.7. The van der Waals surface area contributed by atoms with Gasteiger partial charge in [-0.15, -0.1) is 0 Å². The van der Waals surface area contributed by atoms with Gasteiger partial charge in [0.2, 0.25) is 0 Å². The number of benzene rings is 3. The van der Waals surface area contributed by atoms with E-state index in [1.807, 2.05) is 30.3 Å². The largest absolute Gasteiger partial charge is 0.497 e. The molecule has 1 aromatic heterocycles. The maximum atomic E-state index is 13.1. The van der Waals surface area contributed by atoms with Crippen LogP contribution in [-0.4, -0.2) is 31.3 Å². The third-order valence-electron chi connectivity index (χ3n) is 5.73. The van der Waals surface area contributed by atoms with E-state index < -0.39 is 9.84 Å². The van der Waals surface area contributed by atoms with E-state index in [-0.39, 0.29) is 17.1 Å². The lowest BCUT2D eigenvalue weighted by Gasteiger charge is -2.15. The number of rotatable bonds is 6. The molecule has 0 aliphatic rings. The number of hydrogen-bond donors (Lipinski definition) is 0. The summed E-state index contributed by atoms with van der Waals surface area (Å²) in [7, 11) is -1.68. The van der Waals surface area contributed by atoms with Crippen LogP contribution in [0.2, 0.25) is 0 Å². The molecule has 0 amide bonds. The van der Waals surface area contributed by atoms with Crippen molar-refractivity contribution in [1.82, 2.24) is 9.55 Å². The second kappa shape index (κ2) is 8.83. The normalized spacial score (nSPS) is 11.8. The Kier molecular flexibility index (Phi) is 6.08. The molecule has 3 aromatic carbocycles. The summed E-state index contributed by atoms with van der Waals surface area (Å²) in [6.45, 7) is 4.54. The Morgan fingerprint density at radius 2 is 1.64 bits per heavy atom. The molecule has 0 aliphatic carbocycles. The van der Waals surface area contributed by atoms with Gasteiger partial charge in [0.25, 0.3) is 0 Å². The van der Waals surface area contributed by atoms with Gasteiger partial charge in [-0.05, 0) is 47.4 Å². The van der Waals surface area contributed by atoms with Crippen molar-refractivity contribution in [1.29, 1.82) is 0 Å². The van der Waals surface area contributed by atoms with Gasteiger partial charge in [0, 0.05) is 17.2 Å². The van der Waals surface area contributed by atoms with E-state index in [9.17, 15) is 13.2 Å². The molecule has 0 bridgehead atoms. The van der Waals surface area contributed by atoms with Gasteiger partial charge in [-0.1, -0.05) is 50.2 Å². The highest BCUT2D eigenvalue weighted by Gasteiger charge is 2.15. The smallest absolute Gasteiger partial charge is 0.348 e. The van der Waals surface area contributed by atoms with Gasteiger partial charge in [0.1, 0.15) is 5.75 Å². The monoisotopic (exact) mass is 462 g/mol. The lowest BCUT2D eigenvalue weighted by atomic mass is 9.99. The topological polar surface area (TPSA) is 78.3 Å². The first kappa shape index (κ1) is 22.7. The molecular weight excluding hydrogens is 436 g/mol. The molecule has 4 rings (SSSR count). The van der Waals surface area contributed by atoms with Gasteiger partial charge < -0.3 is 4.74 Å². The van der Waals surface area contributed by atoms with Crippen LogP contribution >= 0.6 is 0 Å². The Labute approximate surface area is 193 Å². The number of methoxy groups -OCH3 is 1. The van der Waals surface area contributed by atoms with Crippen molar-refractivity contribution in [2.45, 2.75) is 31.2 Å². The van der Waals surface area contributed by atoms with E-state index in [2.05, 4.69) is 31.0 Å². The molecule has 0 spiro atoms. The van der Waals surface area contributed by atoms with E-state index in [4.69, 9.17) is 4.74 Å². The molecular formula is C26H26N2O4S. The molecule has 0 fully saturated rings. The van der Waals surface area contributed by atoms with Crippen molar-refractivity contribution in [3.63, 3.8) is 0 Å². The Hall–Kier alpha value is -3.45. The Balaban J connectivity index is 1.84. The lowest BCUT2D eigenvalue weighted by molar-refractivity contribution is 0.415. The first-order valence-corrected chi connectivity index (χ1v) is 12.5. The summed E-state index contributed by atoms with van der Waals surface area (Å²) in [5.74, 6) is 1.08. The van der Waals surface area contributed by atoms with Crippen LogP contribution in [0.5, 0.6) is 5.75 Å². The van der Waals surface area contributed by atoms with Crippen molar-refractivity contribution in [2.24, 2.45) is 0 Å². The first-order chi connectivity index (χ1) is 15.7. The zero-order valence-electron chi connectivity index (χ0n) is 19.1. The highest BCUT2D eigenvalue weighted by Crippen LogP contribution is 2.30. The highest BCUT2D eigenvalue weighted by molar-refractivity contribution is 7.90. The standard InChI is InChI=1S/C26H26N2O4S/c1-17(2)19-7-9-20(10-8-19)25-23-15-21(32-3)11-14-24(23)28(26(29)27-25)16-18-5-12-22(13-6-18)33(4,30)31/h5-15,17H,16H2,1-4H3. The van der Waals surface area contributed by atoms with Gasteiger partial charge in [-0.25, -0.2) is 13.2 Å². The van der Waals surface area contributed by atoms with Crippen molar-refractivity contribution in [3.05, 3.63) is 88.3 Å². The third kappa shape index (κ3) is 4.68. The van der Waals surface area contributed by atoms with Gasteiger partial charge in [0.05, 0.1) is 29.8 Å². The molecule has 0 saturated heterocycles. The molecule has 1 heterocycles. The Bertz CT molecular complexity index is 1470. The summed E-state index contributed by atoms with van der Waals surface area (Å²) in [5.41, 5.74) is 3.84. The number of sulfone groups is 1. The molecule has 0 aliphatic heterocycles. The van der Waals surface area contributed by atoms with Crippen molar-refractivity contribution in [3.8, 4) is 17.0 Å². The fraction of sp³-hybridized carbons (Fsp3) is 0.231. The minimum atomic E-state index is -3.28. The SMILES string of the molecule is COc1ccc2c(c1)c(-c1ccc(C(C)C)cc1)nc(=O)n2Cc1ccc(S(C)(=O)=O)cc1. The van der Waals surface area contributed by atoms with E-state index in [1.165, 1.54) is 11.8 Å². The Morgan fingerprint density at radius 1 is 0.970 bits per heavy atom. The maximum absolute atomic E-state index is 13.1. The predicted octanol–water partition coefficient (Wildman–Crippen LogP) is 4.65. The van der Waals surface area contributed by atoms with Crippen LogP contribution in [0.1, 0.15) is 30.9 Å². The number of aromatic nitrogens is 2. The summed E-state index contributed by atoms with van der Waals surface area (Å²) >= 11 is 0. The Morgan fingerprint density at radius 3 is 2.21 bits per heavy atom. The molecule has 0 saturated carbocycles. The number of hydrogen-bond acceptors (Lipinski definition) is 5. The van der Waals surface area contributed by atoms with Crippen LogP contribution < -0.4 is 10.4 Å². The molecule has 33 heavy (non-hydrogen) atoms. The summed E-state index contributed by atoms with van der Waals surface area (Å²) in [6.07, 6.45) is 1.17. The fourth-order valence-electron chi connectivity index (χ4n) is 3.81. The molecule has 0 radical (unpaired) electrons. The van der Waals surface area contributed by atoms with Crippen molar-refractivity contribution >= 4 is 20.7 Å². The predicted molar refractivity (Wildman–Crippen MR) is 131 cm³/mol. The molecule has 0 atom stereocenters. The quantitative estimate of drug-likeness (QED) is 0.417. The van der Waals surface area contributed by atoms with E-state index >= 15 is 0 Å². The van der Waals surface area contributed by atoms with Crippen molar-refractivity contribution < 1.29 is 13.2 Å². The molecule has 0 unspecified atom stereocenters. The van der Waals surface area contributed by atoms with Gasteiger partial charge in [-0.2, -0.15) is 4.98 Å². The van der Waals surface area contributed by atoms with Crippen LogP contribution in [-0.2, 0) is 16.4 Å². The second-order valence-electron chi connectivity index (χ2n) is 8.41. The lowest BCUT2D eigenvalue weighted by Crippen LogP contribution is -2.24. The van der Waals surface area contributed by atoms with E-state index in [0.717, 1.165) is 22.0 Å².